The van der Waals surface area contributed by atoms with E-state index in [4.69, 9.17) is 9.26 Å². The van der Waals surface area contributed by atoms with Gasteiger partial charge in [0.2, 0.25) is 0 Å². The van der Waals surface area contributed by atoms with Gasteiger partial charge in [0.25, 0.3) is 5.91 Å². The minimum Gasteiger partial charge on any atom is -0.362 e. The lowest BCUT2D eigenvalue weighted by Crippen LogP contribution is -2.11. The van der Waals surface area contributed by atoms with Crippen molar-refractivity contribution in [1.82, 2.24) is 14.9 Å². The Hall–Kier alpha value is -2.45. The van der Waals surface area contributed by atoms with E-state index in [1.807, 2.05) is 17.5 Å². The van der Waals surface area contributed by atoms with Gasteiger partial charge in [-0.15, -0.1) is 11.3 Å². The first-order valence-corrected chi connectivity index (χ1v) is 6.97. The van der Waals surface area contributed by atoms with Gasteiger partial charge in [-0.25, -0.2) is 4.68 Å². The maximum absolute atomic E-state index is 12.1. The molecular formula is C13H12N4O3S. The number of carbonyl (C=O) groups is 1. The molecule has 0 unspecified atom stereocenters. The van der Waals surface area contributed by atoms with Crippen LogP contribution in [-0.2, 0) is 11.5 Å². The topological polar surface area (TPSA) is 82.2 Å². The number of nitrogens with one attached hydrogen (secondary N) is 1. The molecular weight excluding hydrogens is 292 g/mol. The monoisotopic (exact) mass is 304 g/mol. The Labute approximate surface area is 124 Å². The average Bonchev–Trinajstić information content (AvgIpc) is 3.20. The van der Waals surface area contributed by atoms with E-state index in [0.29, 0.717) is 18.2 Å². The molecule has 3 rings (SSSR count). The number of carbonyl (C=O) groups excluding carboxylic acids is 1. The second kappa shape index (κ2) is 5.90. The predicted molar refractivity (Wildman–Crippen MR) is 77.0 cm³/mol. The lowest BCUT2D eigenvalue weighted by Gasteiger charge is -1.98. The van der Waals surface area contributed by atoms with Crippen LogP contribution in [0.5, 0.6) is 0 Å². The molecule has 21 heavy (non-hydrogen) atoms. The first-order chi connectivity index (χ1) is 10.3. The summed E-state index contributed by atoms with van der Waals surface area (Å²) in [4.78, 5) is 13.0. The Morgan fingerprint density at radius 3 is 3.24 bits per heavy atom. The molecule has 7 nitrogen and oxygen atoms in total. The van der Waals surface area contributed by atoms with Gasteiger partial charge >= 0.3 is 0 Å². The molecule has 1 amide bonds. The van der Waals surface area contributed by atoms with E-state index >= 15 is 0 Å². The van der Waals surface area contributed by atoms with Crippen molar-refractivity contribution in [2.45, 2.75) is 6.73 Å². The van der Waals surface area contributed by atoms with E-state index < -0.39 is 0 Å². The summed E-state index contributed by atoms with van der Waals surface area (Å²) in [6.45, 7) is 0.322. The summed E-state index contributed by atoms with van der Waals surface area (Å²) in [5.41, 5.74) is 0.788. The smallest absolute Gasteiger partial charge is 0.277 e. The van der Waals surface area contributed by atoms with E-state index in [-0.39, 0.29) is 11.6 Å². The number of nitrogens with zero attached hydrogens (tertiary/aromatic N) is 3. The highest BCUT2D eigenvalue weighted by atomic mass is 32.1. The number of aromatic nitrogens is 3. The Balaban J connectivity index is 1.70. The third kappa shape index (κ3) is 3.01. The van der Waals surface area contributed by atoms with Gasteiger partial charge in [-0.05, 0) is 11.4 Å². The molecule has 3 aromatic rings. The minimum absolute atomic E-state index is 0.220. The van der Waals surface area contributed by atoms with Crippen LogP contribution >= 0.6 is 11.3 Å². The Morgan fingerprint density at radius 2 is 2.48 bits per heavy atom. The van der Waals surface area contributed by atoms with Crippen molar-refractivity contribution in [2.24, 2.45) is 0 Å². The molecule has 0 aliphatic carbocycles. The fourth-order valence-corrected chi connectivity index (χ4v) is 2.42. The summed E-state index contributed by atoms with van der Waals surface area (Å²) in [5, 5.41) is 12.4. The third-order valence-corrected chi connectivity index (χ3v) is 3.54. The lowest BCUT2D eigenvalue weighted by molar-refractivity contribution is 0.101. The highest BCUT2D eigenvalue weighted by Crippen LogP contribution is 2.25. The number of anilines is 1. The zero-order valence-electron chi connectivity index (χ0n) is 11.1. The fraction of sp³-hybridized carbons (Fsp3) is 0.154. The van der Waals surface area contributed by atoms with Gasteiger partial charge in [0, 0.05) is 13.2 Å². The first kappa shape index (κ1) is 13.5. The molecule has 0 fully saturated rings. The van der Waals surface area contributed by atoms with Crippen molar-refractivity contribution in [3.63, 3.8) is 0 Å². The van der Waals surface area contributed by atoms with Gasteiger partial charge < -0.3 is 14.6 Å². The quantitative estimate of drug-likeness (QED) is 0.783. The number of methoxy groups -OCH3 is 1. The Bertz CT molecular complexity index is 732. The standard InChI is InChI=1S/C13H12N4O3S/c1-19-8-17-7-9(6-14-17)15-13(18)10-5-11(20-16-10)12-3-2-4-21-12/h2-7H,8H2,1H3,(H,15,18). The fourth-order valence-electron chi connectivity index (χ4n) is 1.74. The van der Waals surface area contributed by atoms with E-state index in [1.54, 1.807) is 24.1 Å². The number of amides is 1. The van der Waals surface area contributed by atoms with Gasteiger partial charge in [-0.2, -0.15) is 5.10 Å². The highest BCUT2D eigenvalue weighted by Gasteiger charge is 2.15. The lowest BCUT2D eigenvalue weighted by atomic mass is 10.3. The van der Waals surface area contributed by atoms with E-state index in [9.17, 15) is 4.79 Å². The molecule has 0 saturated carbocycles. The highest BCUT2D eigenvalue weighted by molar-refractivity contribution is 7.13. The van der Waals surface area contributed by atoms with Crippen LogP contribution in [0.25, 0.3) is 10.6 Å². The number of thiophene rings is 1. The molecule has 0 saturated heterocycles. The van der Waals surface area contributed by atoms with E-state index in [1.165, 1.54) is 17.5 Å². The van der Waals surface area contributed by atoms with Crippen LogP contribution in [0.15, 0.2) is 40.5 Å². The summed E-state index contributed by atoms with van der Waals surface area (Å²) < 4.78 is 11.7. The summed E-state index contributed by atoms with van der Waals surface area (Å²) in [7, 11) is 1.57. The molecule has 1 N–H and O–H groups in total. The minimum atomic E-state index is -0.349. The van der Waals surface area contributed by atoms with E-state index in [2.05, 4.69) is 15.6 Å². The molecule has 0 spiro atoms. The van der Waals surface area contributed by atoms with Crippen molar-refractivity contribution in [3.05, 3.63) is 41.7 Å². The molecule has 0 atom stereocenters. The molecule has 0 radical (unpaired) electrons. The van der Waals surface area contributed by atoms with Gasteiger partial charge in [0.1, 0.15) is 6.73 Å². The van der Waals surface area contributed by atoms with Gasteiger partial charge in [-0.3, -0.25) is 4.79 Å². The summed E-state index contributed by atoms with van der Waals surface area (Å²) >= 11 is 1.52. The first-order valence-electron chi connectivity index (χ1n) is 6.09. The van der Waals surface area contributed by atoms with Crippen LogP contribution in [0, 0.1) is 0 Å². The normalized spacial score (nSPS) is 10.7. The Morgan fingerprint density at radius 1 is 1.57 bits per heavy atom. The summed E-state index contributed by atoms with van der Waals surface area (Å²) in [6, 6.07) is 5.43. The maximum atomic E-state index is 12.1. The number of hydrogen-bond donors (Lipinski definition) is 1. The van der Waals surface area contributed by atoms with Crippen LogP contribution < -0.4 is 5.32 Å². The summed E-state index contributed by atoms with van der Waals surface area (Å²) in [5.74, 6) is 0.226. The average molecular weight is 304 g/mol. The second-order valence-corrected chi connectivity index (χ2v) is 5.14. The molecule has 0 aliphatic heterocycles. The van der Waals surface area contributed by atoms with Gasteiger partial charge in [0.05, 0.1) is 23.0 Å². The van der Waals surface area contributed by atoms with E-state index in [0.717, 1.165) is 4.88 Å². The maximum Gasteiger partial charge on any atom is 0.277 e. The van der Waals surface area contributed by atoms with Crippen molar-refractivity contribution in [3.8, 4) is 10.6 Å². The SMILES string of the molecule is COCn1cc(NC(=O)c2cc(-c3cccs3)on2)cn1. The van der Waals surface area contributed by atoms with Crippen molar-refractivity contribution in [2.75, 3.05) is 12.4 Å². The van der Waals surface area contributed by atoms with Crippen LogP contribution in [0.3, 0.4) is 0 Å². The van der Waals surface area contributed by atoms with Crippen molar-refractivity contribution in [1.29, 1.82) is 0 Å². The molecule has 0 aromatic carbocycles. The van der Waals surface area contributed by atoms with Crippen LogP contribution in [0.1, 0.15) is 10.5 Å². The number of hydrogen-bond acceptors (Lipinski definition) is 6. The third-order valence-electron chi connectivity index (χ3n) is 2.66. The van der Waals surface area contributed by atoms with Crippen molar-refractivity contribution >= 4 is 22.9 Å². The number of ether oxygens (including phenoxy) is 1. The van der Waals surface area contributed by atoms with Crippen LogP contribution in [0.4, 0.5) is 5.69 Å². The molecule has 3 heterocycles. The molecule has 108 valence electrons. The molecule has 0 aliphatic rings. The largest absolute Gasteiger partial charge is 0.362 e. The molecule has 3 aromatic heterocycles. The molecule has 0 bridgehead atoms. The molecule has 8 heteroatoms. The second-order valence-electron chi connectivity index (χ2n) is 4.19. The zero-order valence-corrected chi connectivity index (χ0v) is 12.0. The van der Waals surface area contributed by atoms with Gasteiger partial charge in [-0.1, -0.05) is 11.2 Å². The van der Waals surface area contributed by atoms with Crippen LogP contribution in [0.2, 0.25) is 0 Å². The van der Waals surface area contributed by atoms with Gasteiger partial charge in [0.15, 0.2) is 11.5 Å². The predicted octanol–water partition coefficient (Wildman–Crippen LogP) is 2.46. The van der Waals surface area contributed by atoms with Crippen molar-refractivity contribution < 1.29 is 14.1 Å². The number of rotatable bonds is 5. The Kier molecular flexibility index (Phi) is 3.80. The summed E-state index contributed by atoms with van der Waals surface area (Å²) in [6.07, 6.45) is 3.21. The zero-order chi connectivity index (χ0) is 14.7. The van der Waals surface area contributed by atoms with Crippen LogP contribution in [-0.4, -0.2) is 28.0 Å².